The van der Waals surface area contributed by atoms with Crippen molar-refractivity contribution in [2.24, 2.45) is 0 Å². The van der Waals surface area contributed by atoms with Crippen molar-refractivity contribution in [2.45, 2.75) is 13.8 Å². The number of hydrogen-bond acceptors (Lipinski definition) is 4. The number of ether oxygens (including phenoxy) is 1. The van der Waals surface area contributed by atoms with E-state index in [0.29, 0.717) is 17.0 Å². The average Bonchev–Trinajstić information content (AvgIpc) is 3.21. The molecule has 0 radical (unpaired) electrons. The van der Waals surface area contributed by atoms with Crippen molar-refractivity contribution < 1.29 is 9.53 Å². The minimum absolute atomic E-state index is 0.0662. The third-order valence-electron chi connectivity index (χ3n) is 5.37. The molecule has 5 rings (SSSR count). The highest BCUT2D eigenvalue weighted by Crippen LogP contribution is 2.25. The van der Waals surface area contributed by atoms with Gasteiger partial charge >= 0.3 is 0 Å². The number of nitrogens with zero attached hydrogens (tertiary/aromatic N) is 3. The summed E-state index contributed by atoms with van der Waals surface area (Å²) in [6, 6.07) is 25.6. The maximum Gasteiger partial charge on any atom is 0.262 e. The van der Waals surface area contributed by atoms with Gasteiger partial charge in [0.2, 0.25) is 0 Å². The number of carbonyl (C=O) groups is 1. The van der Waals surface area contributed by atoms with Gasteiger partial charge in [-0.15, -0.1) is 15.0 Å². The highest BCUT2D eigenvalue weighted by Gasteiger charge is 2.12. The Bertz CT molecular complexity index is 1430. The van der Waals surface area contributed by atoms with Gasteiger partial charge in [-0.05, 0) is 55.1 Å². The molecular formula is C26H22N4O2. The number of aromatic nitrogens is 3. The van der Waals surface area contributed by atoms with Gasteiger partial charge in [-0.1, -0.05) is 54.1 Å². The Kier molecular flexibility index (Phi) is 5.03. The fourth-order valence-electron chi connectivity index (χ4n) is 3.66. The topological polar surface area (TPSA) is 69.0 Å². The van der Waals surface area contributed by atoms with E-state index in [1.165, 1.54) is 0 Å². The number of hydrogen-bond donors (Lipinski definition) is 1. The van der Waals surface area contributed by atoms with Gasteiger partial charge in [0.1, 0.15) is 16.8 Å². The van der Waals surface area contributed by atoms with Crippen molar-refractivity contribution in [1.29, 1.82) is 0 Å². The lowest BCUT2D eigenvalue weighted by atomic mass is 10.1. The molecule has 0 atom stereocenters. The number of rotatable bonds is 5. The zero-order valence-corrected chi connectivity index (χ0v) is 17.9. The Morgan fingerprint density at radius 1 is 0.906 bits per heavy atom. The van der Waals surface area contributed by atoms with Crippen LogP contribution in [-0.4, -0.2) is 27.5 Å². The van der Waals surface area contributed by atoms with E-state index in [9.17, 15) is 4.79 Å². The Morgan fingerprint density at radius 3 is 2.44 bits per heavy atom. The van der Waals surface area contributed by atoms with E-state index in [2.05, 4.69) is 33.7 Å². The largest absolute Gasteiger partial charge is 0.484 e. The number of aryl methyl sites for hydroxylation is 2. The van der Waals surface area contributed by atoms with Crippen LogP contribution in [0.15, 0.2) is 78.9 Å². The summed E-state index contributed by atoms with van der Waals surface area (Å²) < 4.78 is 5.58. The molecule has 0 bridgehead atoms. The van der Waals surface area contributed by atoms with Crippen LogP contribution in [0.2, 0.25) is 0 Å². The number of amides is 1. The highest BCUT2D eigenvalue weighted by atomic mass is 16.5. The van der Waals surface area contributed by atoms with Crippen molar-refractivity contribution in [3.63, 3.8) is 0 Å². The molecule has 6 heteroatoms. The van der Waals surface area contributed by atoms with Gasteiger partial charge in [-0.25, -0.2) is 0 Å². The Hall–Kier alpha value is -4.19. The molecule has 1 aromatic heterocycles. The summed E-state index contributed by atoms with van der Waals surface area (Å²) in [6.07, 6.45) is 0. The van der Waals surface area contributed by atoms with Gasteiger partial charge in [-0.2, -0.15) is 0 Å². The molecule has 0 saturated carbocycles. The second-order valence-electron chi connectivity index (χ2n) is 7.79. The first-order valence-electron chi connectivity index (χ1n) is 10.4. The van der Waals surface area contributed by atoms with Crippen LogP contribution >= 0.6 is 0 Å². The van der Waals surface area contributed by atoms with Crippen molar-refractivity contribution in [3.05, 3.63) is 90.0 Å². The summed E-state index contributed by atoms with van der Waals surface area (Å²) in [5.41, 5.74) is 5.13. The minimum Gasteiger partial charge on any atom is -0.484 e. The standard InChI is InChI=1S/C26H22N4O2/c1-17-10-12-20(13-11-17)32-16-26(31)27-22-15-24-23(14-18(22)2)28-30(29-24)25-9-5-7-19-6-3-4-8-21(19)25/h3-15H,16H2,1-2H3,(H,27,31). The molecule has 0 spiro atoms. The molecular weight excluding hydrogens is 400 g/mol. The fraction of sp³-hybridized carbons (Fsp3) is 0.115. The third kappa shape index (κ3) is 3.90. The van der Waals surface area contributed by atoms with Crippen LogP contribution in [0.25, 0.3) is 27.5 Å². The molecule has 0 aliphatic rings. The van der Waals surface area contributed by atoms with E-state index >= 15 is 0 Å². The number of fused-ring (bicyclic) bond motifs is 2. The molecule has 1 heterocycles. The molecule has 1 amide bonds. The fourth-order valence-corrected chi connectivity index (χ4v) is 3.66. The number of nitrogens with one attached hydrogen (secondary N) is 1. The molecule has 1 N–H and O–H groups in total. The van der Waals surface area contributed by atoms with Crippen LogP contribution in [0.4, 0.5) is 5.69 Å². The summed E-state index contributed by atoms with van der Waals surface area (Å²) in [5, 5.41) is 14.5. The van der Waals surface area contributed by atoms with Gasteiger partial charge in [-0.3, -0.25) is 4.79 Å². The zero-order chi connectivity index (χ0) is 22.1. The summed E-state index contributed by atoms with van der Waals surface area (Å²) in [4.78, 5) is 14.1. The lowest BCUT2D eigenvalue weighted by Crippen LogP contribution is -2.20. The second-order valence-corrected chi connectivity index (χ2v) is 7.79. The molecule has 6 nitrogen and oxygen atoms in total. The first-order chi connectivity index (χ1) is 15.6. The number of benzene rings is 4. The predicted octanol–water partition coefficient (Wildman–Crippen LogP) is 5.21. The molecule has 32 heavy (non-hydrogen) atoms. The first-order valence-corrected chi connectivity index (χ1v) is 10.4. The van der Waals surface area contributed by atoms with E-state index in [0.717, 1.165) is 33.1 Å². The second kappa shape index (κ2) is 8.15. The highest BCUT2D eigenvalue weighted by molar-refractivity contribution is 5.95. The molecule has 0 aliphatic heterocycles. The van der Waals surface area contributed by atoms with Crippen molar-refractivity contribution >= 4 is 33.4 Å². The molecule has 0 fully saturated rings. The van der Waals surface area contributed by atoms with Crippen LogP contribution in [0.1, 0.15) is 11.1 Å². The summed E-state index contributed by atoms with van der Waals surface area (Å²) in [5.74, 6) is 0.436. The van der Waals surface area contributed by atoms with Crippen LogP contribution in [0, 0.1) is 13.8 Å². The van der Waals surface area contributed by atoms with Crippen molar-refractivity contribution in [2.75, 3.05) is 11.9 Å². The Morgan fingerprint density at radius 2 is 1.62 bits per heavy atom. The van der Waals surface area contributed by atoms with Crippen LogP contribution in [0.5, 0.6) is 5.75 Å². The van der Waals surface area contributed by atoms with Crippen LogP contribution in [-0.2, 0) is 4.79 Å². The quantitative estimate of drug-likeness (QED) is 0.422. The summed E-state index contributed by atoms with van der Waals surface area (Å²) in [7, 11) is 0. The monoisotopic (exact) mass is 422 g/mol. The molecule has 0 unspecified atom stereocenters. The zero-order valence-electron chi connectivity index (χ0n) is 17.9. The smallest absolute Gasteiger partial charge is 0.262 e. The maximum absolute atomic E-state index is 12.4. The van der Waals surface area contributed by atoms with Crippen molar-refractivity contribution in [1.82, 2.24) is 15.0 Å². The minimum atomic E-state index is -0.227. The lowest BCUT2D eigenvalue weighted by molar-refractivity contribution is -0.118. The van der Waals surface area contributed by atoms with Gasteiger partial charge in [0, 0.05) is 11.1 Å². The molecule has 5 aromatic rings. The molecule has 4 aromatic carbocycles. The Balaban J connectivity index is 1.38. The van der Waals surface area contributed by atoms with E-state index in [4.69, 9.17) is 4.74 Å². The number of carbonyl (C=O) groups excluding carboxylic acids is 1. The van der Waals surface area contributed by atoms with E-state index in [-0.39, 0.29) is 12.5 Å². The third-order valence-corrected chi connectivity index (χ3v) is 5.37. The van der Waals surface area contributed by atoms with Gasteiger partial charge in [0.25, 0.3) is 5.91 Å². The van der Waals surface area contributed by atoms with Crippen LogP contribution < -0.4 is 10.1 Å². The molecule has 158 valence electrons. The predicted molar refractivity (Wildman–Crippen MR) is 126 cm³/mol. The van der Waals surface area contributed by atoms with Crippen molar-refractivity contribution in [3.8, 4) is 11.4 Å². The van der Waals surface area contributed by atoms with E-state index in [1.54, 1.807) is 4.80 Å². The van der Waals surface area contributed by atoms with Gasteiger partial charge < -0.3 is 10.1 Å². The summed E-state index contributed by atoms with van der Waals surface area (Å²) >= 11 is 0. The first kappa shape index (κ1) is 19.8. The van der Waals surface area contributed by atoms with Crippen LogP contribution in [0.3, 0.4) is 0 Å². The molecule has 0 aliphatic carbocycles. The van der Waals surface area contributed by atoms with Gasteiger partial charge in [0.15, 0.2) is 6.61 Å². The summed E-state index contributed by atoms with van der Waals surface area (Å²) in [6.45, 7) is 3.88. The average molecular weight is 422 g/mol. The maximum atomic E-state index is 12.4. The normalized spacial score (nSPS) is 11.1. The SMILES string of the molecule is Cc1ccc(OCC(=O)Nc2cc3nn(-c4cccc5ccccc45)nc3cc2C)cc1. The molecule has 0 saturated heterocycles. The number of anilines is 1. The van der Waals surface area contributed by atoms with Gasteiger partial charge in [0.05, 0.1) is 5.69 Å². The lowest BCUT2D eigenvalue weighted by Gasteiger charge is -2.09. The Labute approximate surface area is 185 Å². The van der Waals surface area contributed by atoms with E-state index < -0.39 is 0 Å². The van der Waals surface area contributed by atoms with E-state index in [1.807, 2.05) is 74.5 Å².